The van der Waals surface area contributed by atoms with Gasteiger partial charge in [-0.25, -0.2) is 0 Å². The standard InChI is InChI=1S/C2H3ClO2.CHCl3/c3-1-2(4)5;2-1(3)4/h1H2,(H,4,5);1H. The average Bonchev–Trinajstić information content (AvgIpc) is 1.65. The molecule has 0 spiro atoms. The molecule has 0 fully saturated rings. The van der Waals surface area contributed by atoms with Crippen LogP contribution in [0.5, 0.6) is 0 Å². The van der Waals surface area contributed by atoms with E-state index in [2.05, 4.69) is 0 Å². The fourth-order valence-corrected chi connectivity index (χ4v) is 0. The Labute approximate surface area is 72.6 Å². The van der Waals surface area contributed by atoms with Crippen molar-refractivity contribution in [3.63, 3.8) is 0 Å². The molecule has 56 valence electrons. The van der Waals surface area contributed by atoms with Crippen molar-refractivity contribution in [1.82, 2.24) is 0 Å². The Bertz CT molecular complexity index is 71.5. The van der Waals surface area contributed by atoms with Gasteiger partial charge in [0.15, 0.2) is 4.30 Å². The predicted molar refractivity (Wildman–Crippen MR) is 39.7 cm³/mol. The molecule has 0 radical (unpaired) electrons. The van der Waals surface area contributed by atoms with Gasteiger partial charge in [0.1, 0.15) is 5.88 Å². The van der Waals surface area contributed by atoms with Crippen LogP contribution in [0.1, 0.15) is 0 Å². The molecule has 0 aromatic heterocycles. The minimum atomic E-state index is -0.980. The van der Waals surface area contributed by atoms with Crippen LogP contribution in [-0.2, 0) is 4.79 Å². The van der Waals surface area contributed by atoms with Gasteiger partial charge in [-0.05, 0) is 0 Å². The highest BCUT2D eigenvalue weighted by molar-refractivity contribution is 6.63. The number of halogens is 4. The van der Waals surface area contributed by atoms with Crippen LogP contribution in [0, 0.1) is 0 Å². The minimum absolute atomic E-state index is 0.306. The highest BCUT2D eigenvalue weighted by Crippen LogP contribution is 2.03. The second kappa shape index (κ2) is 8.63. The van der Waals surface area contributed by atoms with Gasteiger partial charge in [0.2, 0.25) is 0 Å². The zero-order valence-electron chi connectivity index (χ0n) is 4.15. The maximum Gasteiger partial charge on any atom is 0.318 e. The normalized spacial score (nSPS) is 8.11. The summed E-state index contributed by atoms with van der Waals surface area (Å²) >= 11 is 19.2. The van der Waals surface area contributed by atoms with E-state index in [1.165, 1.54) is 0 Å². The van der Waals surface area contributed by atoms with Crippen LogP contribution in [-0.4, -0.2) is 21.3 Å². The summed E-state index contributed by atoms with van der Waals surface area (Å²) in [5, 5.41) is 7.59. The van der Waals surface area contributed by atoms with Crippen LogP contribution >= 0.6 is 46.4 Å². The maximum absolute atomic E-state index is 9.24. The summed E-state index contributed by atoms with van der Waals surface area (Å²) in [6, 6.07) is 0. The van der Waals surface area contributed by atoms with Crippen LogP contribution in [0.25, 0.3) is 0 Å². The number of aliphatic carboxylic acids is 1. The molecule has 0 aromatic rings. The molecule has 0 heterocycles. The van der Waals surface area contributed by atoms with Gasteiger partial charge < -0.3 is 5.11 Å². The predicted octanol–water partition coefficient (Wildman–Crippen LogP) is 2.30. The molecule has 0 aliphatic rings. The molecule has 0 saturated carbocycles. The molecule has 0 aliphatic carbocycles. The fourth-order valence-electron chi connectivity index (χ4n) is 0. The van der Waals surface area contributed by atoms with Gasteiger partial charge >= 0.3 is 5.97 Å². The molecule has 6 heteroatoms. The van der Waals surface area contributed by atoms with Crippen LogP contribution in [0.4, 0.5) is 0 Å². The second-order valence-corrected chi connectivity index (χ2v) is 3.02. The summed E-state index contributed by atoms with van der Waals surface area (Å²) < 4.78 is -0.750. The molecule has 0 saturated heterocycles. The molecule has 2 nitrogen and oxygen atoms in total. The monoisotopic (exact) mass is 212 g/mol. The van der Waals surface area contributed by atoms with E-state index in [-0.39, 0.29) is 5.88 Å². The summed E-state index contributed by atoms with van der Waals surface area (Å²) in [4.78, 5) is 9.24. The third-order valence-electron chi connectivity index (χ3n) is 0.114. The van der Waals surface area contributed by atoms with E-state index >= 15 is 0 Å². The van der Waals surface area contributed by atoms with Crippen molar-refractivity contribution in [3.05, 3.63) is 0 Å². The van der Waals surface area contributed by atoms with E-state index in [9.17, 15) is 4.79 Å². The Morgan fingerprint density at radius 2 is 1.56 bits per heavy atom. The first-order chi connectivity index (χ1) is 4.00. The average molecular weight is 214 g/mol. The lowest BCUT2D eigenvalue weighted by atomic mass is 10.8. The number of carbonyl (C=O) groups is 1. The number of hydrogen-bond donors (Lipinski definition) is 1. The zero-order chi connectivity index (χ0) is 7.86. The highest BCUT2D eigenvalue weighted by Gasteiger charge is 1.83. The molecule has 0 aliphatic heterocycles. The van der Waals surface area contributed by atoms with Crippen molar-refractivity contribution in [2.75, 3.05) is 5.88 Å². The van der Waals surface area contributed by atoms with Crippen LogP contribution < -0.4 is 0 Å². The topological polar surface area (TPSA) is 37.3 Å². The first-order valence-electron chi connectivity index (χ1n) is 1.70. The minimum Gasteiger partial charge on any atom is -0.480 e. The van der Waals surface area contributed by atoms with E-state index < -0.39 is 10.3 Å². The summed E-state index contributed by atoms with van der Waals surface area (Å²) in [5.74, 6) is -1.29. The number of rotatable bonds is 1. The van der Waals surface area contributed by atoms with E-state index in [4.69, 9.17) is 51.5 Å². The molecule has 0 bridgehead atoms. The van der Waals surface area contributed by atoms with E-state index in [0.717, 1.165) is 0 Å². The lowest BCUT2D eigenvalue weighted by molar-refractivity contribution is -0.134. The van der Waals surface area contributed by atoms with Crippen LogP contribution in [0.3, 0.4) is 0 Å². The highest BCUT2D eigenvalue weighted by atomic mass is 35.6. The Kier molecular flexibility index (Phi) is 11.8. The lowest BCUT2D eigenvalue weighted by Crippen LogP contribution is -1.92. The van der Waals surface area contributed by atoms with Gasteiger partial charge in [-0.15, -0.1) is 11.6 Å². The Balaban J connectivity index is 0. The van der Waals surface area contributed by atoms with Crippen molar-refractivity contribution < 1.29 is 9.90 Å². The molecule has 0 rings (SSSR count). The third kappa shape index (κ3) is 54.8. The van der Waals surface area contributed by atoms with Crippen molar-refractivity contribution in [2.24, 2.45) is 0 Å². The molecule has 0 unspecified atom stereocenters. The Hall–Kier alpha value is 0.630. The molecule has 0 amide bonds. The largest absolute Gasteiger partial charge is 0.480 e. The second-order valence-electron chi connectivity index (χ2n) is 0.775. The first kappa shape index (κ1) is 12.3. The van der Waals surface area contributed by atoms with Crippen LogP contribution in [0.15, 0.2) is 0 Å². The van der Waals surface area contributed by atoms with Crippen molar-refractivity contribution in [3.8, 4) is 0 Å². The van der Waals surface area contributed by atoms with Crippen molar-refractivity contribution in [1.29, 1.82) is 0 Å². The molecule has 1 N–H and O–H groups in total. The van der Waals surface area contributed by atoms with Gasteiger partial charge in [-0.2, -0.15) is 0 Å². The smallest absolute Gasteiger partial charge is 0.318 e. The number of carboxylic acids is 1. The summed E-state index contributed by atoms with van der Waals surface area (Å²) in [6.45, 7) is 0. The number of carboxylic acid groups (broad SMARTS) is 1. The summed E-state index contributed by atoms with van der Waals surface area (Å²) in [5.41, 5.74) is 0. The first-order valence-corrected chi connectivity index (χ1v) is 3.55. The molecular weight excluding hydrogens is 210 g/mol. The fraction of sp³-hybridized carbons (Fsp3) is 0.667. The van der Waals surface area contributed by atoms with E-state index in [1.807, 2.05) is 0 Å². The third-order valence-corrected chi connectivity index (χ3v) is 0.343. The lowest BCUT2D eigenvalue weighted by Gasteiger charge is -1.69. The SMILES string of the molecule is ClC(Cl)Cl.O=C(O)CCl. The van der Waals surface area contributed by atoms with Gasteiger partial charge in [0.25, 0.3) is 0 Å². The molecule has 0 atom stereocenters. The van der Waals surface area contributed by atoms with Gasteiger partial charge in [0.05, 0.1) is 0 Å². The maximum atomic E-state index is 9.24. The van der Waals surface area contributed by atoms with Gasteiger partial charge in [-0.1, -0.05) is 34.8 Å². The summed E-state index contributed by atoms with van der Waals surface area (Å²) in [6.07, 6.45) is 0. The van der Waals surface area contributed by atoms with E-state index in [0.29, 0.717) is 0 Å². The number of alkyl halides is 4. The van der Waals surface area contributed by atoms with Gasteiger partial charge in [-0.3, -0.25) is 4.79 Å². The van der Waals surface area contributed by atoms with Crippen molar-refractivity contribution >= 4 is 52.4 Å². The van der Waals surface area contributed by atoms with Crippen molar-refractivity contribution in [2.45, 2.75) is 4.30 Å². The quantitative estimate of drug-likeness (QED) is 0.679. The van der Waals surface area contributed by atoms with E-state index in [1.54, 1.807) is 0 Å². The summed E-state index contributed by atoms with van der Waals surface area (Å²) in [7, 11) is 0. The number of hydrogen-bond acceptors (Lipinski definition) is 1. The zero-order valence-corrected chi connectivity index (χ0v) is 7.18. The molecule has 9 heavy (non-hydrogen) atoms. The molecule has 0 aromatic carbocycles. The molecular formula is C3H4Cl4O2. The Morgan fingerprint density at radius 1 is 1.44 bits per heavy atom. The van der Waals surface area contributed by atoms with Gasteiger partial charge in [0, 0.05) is 0 Å². The Morgan fingerprint density at radius 3 is 1.56 bits per heavy atom. The van der Waals surface area contributed by atoms with Crippen LogP contribution in [0.2, 0.25) is 0 Å².